The Bertz CT molecular complexity index is 504. The fraction of sp³-hybridized carbons (Fsp3) is 0.625. The van der Waals surface area contributed by atoms with Crippen LogP contribution in [-0.4, -0.2) is 17.9 Å². The molecule has 3 nitrogen and oxygen atoms in total. The van der Waals surface area contributed by atoms with Crippen molar-refractivity contribution in [2.24, 2.45) is 29.1 Å². The largest absolute Gasteiger partial charge is 0.458 e. The molecule has 3 heteroatoms. The molecule has 0 amide bonds. The first-order valence-electron chi connectivity index (χ1n) is 6.99. The van der Waals surface area contributed by atoms with Crippen molar-refractivity contribution in [2.45, 2.75) is 33.3 Å². The molecule has 0 aromatic rings. The van der Waals surface area contributed by atoms with Crippen LogP contribution in [0, 0.1) is 29.1 Å². The highest BCUT2D eigenvalue weighted by atomic mass is 16.6. The van der Waals surface area contributed by atoms with Crippen molar-refractivity contribution in [1.29, 1.82) is 0 Å². The van der Waals surface area contributed by atoms with Crippen LogP contribution in [0.15, 0.2) is 24.3 Å². The lowest BCUT2D eigenvalue weighted by Crippen LogP contribution is -2.41. The van der Waals surface area contributed by atoms with E-state index in [9.17, 15) is 9.59 Å². The number of ether oxygens (including phenoxy) is 1. The van der Waals surface area contributed by atoms with Crippen LogP contribution in [0.5, 0.6) is 0 Å². The summed E-state index contributed by atoms with van der Waals surface area (Å²) in [6.45, 7) is 10.2. The number of allylic oxidation sites excluding steroid dienone is 2. The second kappa shape index (κ2) is 3.81. The fourth-order valence-electron chi connectivity index (χ4n) is 4.39. The second-order valence-corrected chi connectivity index (χ2v) is 6.53. The normalized spacial score (nSPS) is 48.8. The molecule has 0 N–H and O–H groups in total. The van der Waals surface area contributed by atoms with Gasteiger partial charge in [-0.1, -0.05) is 33.4 Å². The average molecular weight is 260 g/mol. The quantitative estimate of drug-likeness (QED) is 0.496. The number of carbonyl (C=O) groups is 2. The summed E-state index contributed by atoms with van der Waals surface area (Å²) in [5, 5.41) is 0. The lowest BCUT2D eigenvalue weighted by molar-refractivity contribution is -0.139. The van der Waals surface area contributed by atoms with Gasteiger partial charge in [-0.05, 0) is 30.3 Å². The molecular weight excluding hydrogens is 240 g/mol. The Morgan fingerprint density at radius 2 is 2.05 bits per heavy atom. The van der Waals surface area contributed by atoms with E-state index in [1.54, 1.807) is 6.08 Å². The highest BCUT2D eigenvalue weighted by Crippen LogP contribution is 2.55. The fourth-order valence-corrected chi connectivity index (χ4v) is 4.39. The lowest BCUT2D eigenvalue weighted by Gasteiger charge is -2.38. The van der Waals surface area contributed by atoms with Crippen molar-refractivity contribution in [1.82, 2.24) is 0 Å². The molecule has 0 radical (unpaired) electrons. The summed E-state index contributed by atoms with van der Waals surface area (Å²) >= 11 is 0. The Morgan fingerprint density at radius 3 is 2.74 bits per heavy atom. The summed E-state index contributed by atoms with van der Waals surface area (Å²) in [5.41, 5.74) is 0.127. The highest BCUT2D eigenvalue weighted by molar-refractivity contribution is 5.98. The van der Waals surface area contributed by atoms with Gasteiger partial charge in [0.2, 0.25) is 0 Å². The molecule has 6 atom stereocenters. The van der Waals surface area contributed by atoms with E-state index >= 15 is 0 Å². The van der Waals surface area contributed by atoms with Gasteiger partial charge in [-0.15, -0.1) is 0 Å². The molecular formula is C16H20O3. The average Bonchev–Trinajstić information content (AvgIpc) is 2.77. The number of ketones is 1. The van der Waals surface area contributed by atoms with E-state index in [2.05, 4.69) is 26.5 Å². The smallest absolute Gasteiger partial charge is 0.334 e. The van der Waals surface area contributed by atoms with Gasteiger partial charge in [0.25, 0.3) is 0 Å². The van der Waals surface area contributed by atoms with Crippen molar-refractivity contribution >= 4 is 11.8 Å². The van der Waals surface area contributed by atoms with Crippen LogP contribution in [0.2, 0.25) is 0 Å². The number of rotatable bonds is 0. The first-order valence-corrected chi connectivity index (χ1v) is 6.99. The number of esters is 1. The first kappa shape index (κ1) is 12.6. The molecule has 1 aliphatic heterocycles. The van der Waals surface area contributed by atoms with E-state index in [-0.39, 0.29) is 35.6 Å². The van der Waals surface area contributed by atoms with Crippen molar-refractivity contribution in [2.75, 3.05) is 0 Å². The predicted octanol–water partition coefficient (Wildman–Crippen LogP) is 2.52. The van der Waals surface area contributed by atoms with Gasteiger partial charge in [-0.25, -0.2) is 4.79 Å². The molecule has 0 aromatic heterocycles. The Labute approximate surface area is 113 Å². The molecule has 1 saturated carbocycles. The third kappa shape index (κ3) is 1.44. The van der Waals surface area contributed by atoms with Crippen LogP contribution in [0.3, 0.4) is 0 Å². The third-order valence-corrected chi connectivity index (χ3v) is 5.70. The van der Waals surface area contributed by atoms with Gasteiger partial charge >= 0.3 is 5.97 Å². The van der Waals surface area contributed by atoms with E-state index in [4.69, 9.17) is 4.74 Å². The Morgan fingerprint density at radius 1 is 1.37 bits per heavy atom. The molecule has 1 saturated heterocycles. The summed E-state index contributed by atoms with van der Waals surface area (Å²) in [6.07, 6.45) is 4.49. The molecule has 0 spiro atoms. The van der Waals surface area contributed by atoms with E-state index in [0.29, 0.717) is 11.5 Å². The van der Waals surface area contributed by atoms with Crippen LogP contribution in [0.4, 0.5) is 0 Å². The van der Waals surface area contributed by atoms with E-state index < -0.39 is 5.41 Å². The molecule has 0 unspecified atom stereocenters. The molecule has 19 heavy (non-hydrogen) atoms. The van der Waals surface area contributed by atoms with Crippen molar-refractivity contribution in [3.05, 3.63) is 24.3 Å². The minimum absolute atomic E-state index is 0.0196. The van der Waals surface area contributed by atoms with E-state index in [1.165, 1.54) is 0 Å². The molecule has 0 aromatic carbocycles. The zero-order chi connectivity index (χ0) is 13.9. The van der Waals surface area contributed by atoms with Gasteiger partial charge in [0, 0.05) is 16.9 Å². The van der Waals surface area contributed by atoms with Gasteiger partial charge in [0.05, 0.1) is 0 Å². The summed E-state index contributed by atoms with van der Waals surface area (Å²) < 4.78 is 5.47. The second-order valence-electron chi connectivity index (χ2n) is 6.53. The molecule has 2 aliphatic carbocycles. The molecule has 0 bridgehead atoms. The van der Waals surface area contributed by atoms with Gasteiger partial charge in [0.1, 0.15) is 6.10 Å². The minimum Gasteiger partial charge on any atom is -0.458 e. The van der Waals surface area contributed by atoms with Crippen molar-refractivity contribution < 1.29 is 14.3 Å². The first-order chi connectivity index (χ1) is 8.87. The predicted molar refractivity (Wildman–Crippen MR) is 71.2 cm³/mol. The van der Waals surface area contributed by atoms with Gasteiger partial charge in [-0.2, -0.15) is 0 Å². The van der Waals surface area contributed by atoms with Crippen LogP contribution in [-0.2, 0) is 14.3 Å². The number of fused-ring (bicyclic) bond motifs is 2. The van der Waals surface area contributed by atoms with Gasteiger partial charge < -0.3 is 4.74 Å². The lowest BCUT2D eigenvalue weighted by atomic mass is 9.63. The Hall–Kier alpha value is -1.38. The van der Waals surface area contributed by atoms with E-state index in [0.717, 1.165) is 6.42 Å². The SMILES string of the molecule is C=C1C(=O)O[C@@H]2C[C@@H](C)[C@@H]3C=CC(=O)[C@@]3(C)[C@@H](C)[C@H]12. The highest BCUT2D eigenvalue weighted by Gasteiger charge is 2.58. The van der Waals surface area contributed by atoms with Gasteiger partial charge in [-0.3, -0.25) is 4.79 Å². The number of hydrogen-bond acceptors (Lipinski definition) is 3. The Balaban J connectivity index is 2.08. The third-order valence-electron chi connectivity index (χ3n) is 5.70. The van der Waals surface area contributed by atoms with Gasteiger partial charge in [0.15, 0.2) is 5.78 Å². The summed E-state index contributed by atoms with van der Waals surface area (Å²) in [7, 11) is 0. The standard InChI is InChI=1S/C16H20O3/c1-8-7-12-14(9(2)15(18)19-12)10(3)16(4)11(8)5-6-13(16)17/h5-6,8,10-12,14H,2,7H2,1,3-4H3/t8-,10+,11+,12-,14+,16+/m1/s1. The molecule has 2 fully saturated rings. The molecule has 3 rings (SSSR count). The monoisotopic (exact) mass is 260 g/mol. The maximum atomic E-state index is 12.4. The summed E-state index contributed by atoms with van der Waals surface area (Å²) in [4.78, 5) is 24.1. The maximum absolute atomic E-state index is 12.4. The van der Waals surface area contributed by atoms with Crippen LogP contribution in [0.1, 0.15) is 27.2 Å². The number of carbonyl (C=O) groups excluding carboxylic acids is 2. The van der Waals surface area contributed by atoms with Crippen molar-refractivity contribution in [3.63, 3.8) is 0 Å². The van der Waals surface area contributed by atoms with Crippen LogP contribution >= 0.6 is 0 Å². The Kier molecular flexibility index (Phi) is 2.54. The zero-order valence-electron chi connectivity index (χ0n) is 11.7. The van der Waals surface area contributed by atoms with Crippen molar-refractivity contribution in [3.8, 4) is 0 Å². The maximum Gasteiger partial charge on any atom is 0.334 e. The minimum atomic E-state index is -0.421. The zero-order valence-corrected chi connectivity index (χ0v) is 11.7. The molecule has 3 aliphatic rings. The van der Waals surface area contributed by atoms with Crippen LogP contribution < -0.4 is 0 Å². The van der Waals surface area contributed by atoms with E-state index in [1.807, 2.05) is 6.92 Å². The molecule has 102 valence electrons. The summed E-state index contributed by atoms with van der Waals surface area (Å²) in [5.74, 6) is 0.540. The summed E-state index contributed by atoms with van der Waals surface area (Å²) in [6, 6.07) is 0. The number of hydrogen-bond donors (Lipinski definition) is 0. The topological polar surface area (TPSA) is 43.4 Å². The van der Waals surface area contributed by atoms with Crippen LogP contribution in [0.25, 0.3) is 0 Å². The molecule has 1 heterocycles.